The number of carbonyl (C=O) groups is 1. The zero-order valence-electron chi connectivity index (χ0n) is 18.0. The lowest BCUT2D eigenvalue weighted by Gasteiger charge is -2.36. The van der Waals surface area contributed by atoms with Crippen molar-refractivity contribution >= 4 is 28.9 Å². The highest BCUT2D eigenvalue weighted by atomic mass is 35.5. The van der Waals surface area contributed by atoms with Gasteiger partial charge < -0.3 is 9.80 Å². The van der Waals surface area contributed by atoms with Crippen molar-refractivity contribution in [3.63, 3.8) is 0 Å². The molecule has 9 heteroatoms. The maximum atomic E-state index is 12.9. The van der Waals surface area contributed by atoms with E-state index >= 15 is 0 Å². The van der Waals surface area contributed by atoms with E-state index in [1.54, 1.807) is 18.5 Å². The molecule has 4 rings (SSSR count). The molecule has 0 N–H and O–H groups in total. The zero-order valence-corrected chi connectivity index (χ0v) is 18.7. The lowest BCUT2D eigenvalue weighted by atomic mass is 10.1. The Labute approximate surface area is 191 Å². The number of aromatic nitrogens is 2. The Bertz CT molecular complexity index is 1130. The van der Waals surface area contributed by atoms with Gasteiger partial charge in [-0.3, -0.25) is 19.6 Å². The van der Waals surface area contributed by atoms with Gasteiger partial charge in [-0.05, 0) is 55.8 Å². The summed E-state index contributed by atoms with van der Waals surface area (Å²) in [6, 6.07) is 15.1. The van der Waals surface area contributed by atoms with Crippen LogP contribution in [0.4, 0.5) is 11.4 Å². The van der Waals surface area contributed by atoms with Crippen LogP contribution in [0.2, 0.25) is 5.02 Å². The molecule has 0 radical (unpaired) electrons. The van der Waals surface area contributed by atoms with E-state index in [1.165, 1.54) is 0 Å². The molecule has 3 aromatic rings. The highest BCUT2D eigenvalue weighted by Gasteiger charge is 2.23. The number of hydrogen-bond acceptors (Lipinski definition) is 5. The van der Waals surface area contributed by atoms with E-state index in [0.29, 0.717) is 41.6 Å². The number of nitro groups is 1. The maximum Gasteiger partial charge on any atom is 0.312 e. The summed E-state index contributed by atoms with van der Waals surface area (Å²) in [6.07, 6.45) is 0. The topological polar surface area (TPSA) is 84.5 Å². The Kier molecular flexibility index (Phi) is 6.14. The summed E-state index contributed by atoms with van der Waals surface area (Å²) in [6.45, 7) is 6.58. The molecule has 0 saturated carbocycles. The number of halogens is 1. The first-order valence-electron chi connectivity index (χ1n) is 10.4. The second kappa shape index (κ2) is 9.00. The molecule has 0 spiro atoms. The summed E-state index contributed by atoms with van der Waals surface area (Å²) in [5.74, 6) is 0.00839. The molecule has 2 heterocycles. The third kappa shape index (κ3) is 4.45. The molecule has 1 amide bonds. The minimum absolute atomic E-state index is 0.00839. The predicted molar refractivity (Wildman–Crippen MR) is 123 cm³/mol. The summed E-state index contributed by atoms with van der Waals surface area (Å²) in [4.78, 5) is 27.8. The smallest absolute Gasteiger partial charge is 0.312 e. The lowest BCUT2D eigenvalue weighted by Crippen LogP contribution is -2.48. The molecular formula is C23H24ClN5O3. The molecule has 166 valence electrons. The first kappa shape index (κ1) is 21.8. The summed E-state index contributed by atoms with van der Waals surface area (Å²) in [5, 5.41) is 16.2. The van der Waals surface area contributed by atoms with Gasteiger partial charge in [-0.2, -0.15) is 5.10 Å². The van der Waals surface area contributed by atoms with Crippen LogP contribution in [0, 0.1) is 24.0 Å². The molecule has 0 aliphatic carbocycles. The number of carbonyl (C=O) groups excluding carboxylic acids is 1. The maximum absolute atomic E-state index is 12.9. The predicted octanol–water partition coefficient (Wildman–Crippen LogP) is 4.07. The van der Waals surface area contributed by atoms with Gasteiger partial charge in [0.15, 0.2) is 0 Å². The van der Waals surface area contributed by atoms with Crippen molar-refractivity contribution in [3.8, 4) is 0 Å². The number of piperazine rings is 1. The molecule has 1 aromatic heterocycles. The lowest BCUT2D eigenvalue weighted by molar-refractivity contribution is -0.386. The first-order valence-corrected chi connectivity index (χ1v) is 10.8. The molecule has 1 saturated heterocycles. The van der Waals surface area contributed by atoms with Gasteiger partial charge in [0.05, 0.1) is 11.5 Å². The summed E-state index contributed by atoms with van der Waals surface area (Å²) in [7, 11) is 0. The third-order valence-corrected chi connectivity index (χ3v) is 6.07. The third-order valence-electron chi connectivity index (χ3n) is 5.82. The SMILES string of the molecule is Cc1nn(Cc2ccc(C(=O)N3CCN(c4ccc(Cl)cc4)CC3)cc2)c(C)c1[N+](=O)[O-]. The van der Waals surface area contributed by atoms with Gasteiger partial charge in [-0.1, -0.05) is 23.7 Å². The summed E-state index contributed by atoms with van der Waals surface area (Å²) < 4.78 is 1.63. The number of amides is 1. The van der Waals surface area contributed by atoms with E-state index in [1.807, 2.05) is 53.4 Å². The van der Waals surface area contributed by atoms with E-state index < -0.39 is 4.92 Å². The molecule has 0 bridgehead atoms. The zero-order chi connectivity index (χ0) is 22.8. The minimum atomic E-state index is -0.400. The van der Waals surface area contributed by atoms with E-state index in [0.717, 1.165) is 24.3 Å². The molecular weight excluding hydrogens is 430 g/mol. The van der Waals surface area contributed by atoms with Crippen molar-refractivity contribution in [1.82, 2.24) is 14.7 Å². The largest absolute Gasteiger partial charge is 0.368 e. The number of nitrogens with zero attached hydrogens (tertiary/aromatic N) is 5. The van der Waals surface area contributed by atoms with E-state index in [9.17, 15) is 14.9 Å². The Balaban J connectivity index is 1.38. The Morgan fingerprint density at radius 3 is 2.22 bits per heavy atom. The fourth-order valence-electron chi connectivity index (χ4n) is 4.03. The fourth-order valence-corrected chi connectivity index (χ4v) is 4.16. The van der Waals surface area contributed by atoms with Gasteiger partial charge in [0.2, 0.25) is 0 Å². The van der Waals surface area contributed by atoms with Gasteiger partial charge in [0.25, 0.3) is 5.91 Å². The van der Waals surface area contributed by atoms with Crippen LogP contribution in [-0.2, 0) is 6.54 Å². The molecule has 1 aliphatic heterocycles. The van der Waals surface area contributed by atoms with Crippen molar-refractivity contribution in [3.05, 3.63) is 86.2 Å². The normalized spacial score (nSPS) is 14.0. The second-order valence-electron chi connectivity index (χ2n) is 7.89. The van der Waals surface area contributed by atoms with E-state index in [-0.39, 0.29) is 11.6 Å². The van der Waals surface area contributed by atoms with Gasteiger partial charge in [0.1, 0.15) is 11.4 Å². The number of hydrogen-bond donors (Lipinski definition) is 0. The van der Waals surface area contributed by atoms with Crippen molar-refractivity contribution in [2.24, 2.45) is 0 Å². The van der Waals surface area contributed by atoms with Crippen LogP contribution < -0.4 is 4.90 Å². The van der Waals surface area contributed by atoms with E-state index in [4.69, 9.17) is 11.6 Å². The molecule has 0 atom stereocenters. The van der Waals surface area contributed by atoms with Gasteiger partial charge in [-0.25, -0.2) is 0 Å². The Morgan fingerprint density at radius 1 is 1.03 bits per heavy atom. The first-order chi connectivity index (χ1) is 15.3. The van der Waals surface area contributed by atoms with Crippen LogP contribution >= 0.6 is 11.6 Å². The van der Waals surface area contributed by atoms with Crippen LogP contribution in [0.3, 0.4) is 0 Å². The number of benzene rings is 2. The van der Waals surface area contributed by atoms with Crippen molar-refractivity contribution in [1.29, 1.82) is 0 Å². The molecule has 1 aliphatic rings. The van der Waals surface area contributed by atoms with Gasteiger partial charge >= 0.3 is 5.69 Å². The highest BCUT2D eigenvalue weighted by molar-refractivity contribution is 6.30. The number of rotatable bonds is 5. The number of aryl methyl sites for hydroxylation is 1. The minimum Gasteiger partial charge on any atom is -0.368 e. The van der Waals surface area contributed by atoms with Crippen LogP contribution in [0.25, 0.3) is 0 Å². The summed E-state index contributed by atoms with van der Waals surface area (Å²) in [5.41, 5.74) is 3.63. The standard InChI is InChI=1S/C23H24ClN5O3/c1-16-22(29(31)32)17(2)28(25-16)15-18-3-5-19(6-4-18)23(30)27-13-11-26(12-14-27)21-9-7-20(24)8-10-21/h3-10H,11-15H2,1-2H3. The quantitative estimate of drug-likeness (QED) is 0.429. The van der Waals surface area contributed by atoms with Gasteiger partial charge in [0, 0.05) is 42.5 Å². The molecule has 2 aromatic carbocycles. The van der Waals surface area contributed by atoms with Gasteiger partial charge in [-0.15, -0.1) is 0 Å². The Hall–Kier alpha value is -3.39. The molecule has 8 nitrogen and oxygen atoms in total. The molecule has 1 fully saturated rings. The average molecular weight is 454 g/mol. The van der Waals surface area contributed by atoms with Crippen LogP contribution in [0.1, 0.15) is 27.3 Å². The second-order valence-corrected chi connectivity index (χ2v) is 8.32. The monoisotopic (exact) mass is 453 g/mol. The molecule has 0 unspecified atom stereocenters. The average Bonchev–Trinajstić information content (AvgIpc) is 3.07. The van der Waals surface area contributed by atoms with Crippen LogP contribution in [0.5, 0.6) is 0 Å². The van der Waals surface area contributed by atoms with Crippen molar-refractivity contribution < 1.29 is 9.72 Å². The van der Waals surface area contributed by atoms with Crippen molar-refractivity contribution in [2.45, 2.75) is 20.4 Å². The number of anilines is 1. The van der Waals surface area contributed by atoms with Crippen molar-refractivity contribution in [2.75, 3.05) is 31.1 Å². The summed E-state index contributed by atoms with van der Waals surface area (Å²) >= 11 is 5.96. The molecule has 32 heavy (non-hydrogen) atoms. The Morgan fingerprint density at radius 2 is 1.66 bits per heavy atom. The van der Waals surface area contributed by atoms with Crippen LogP contribution in [0.15, 0.2) is 48.5 Å². The van der Waals surface area contributed by atoms with E-state index in [2.05, 4.69) is 10.00 Å². The fraction of sp³-hybridized carbons (Fsp3) is 0.304. The highest BCUT2D eigenvalue weighted by Crippen LogP contribution is 2.23. The van der Waals surface area contributed by atoms with Crippen LogP contribution in [-0.4, -0.2) is 51.7 Å².